The molecule has 0 amide bonds. The van der Waals surface area contributed by atoms with Crippen LogP contribution in [0.25, 0.3) is 0 Å². The fourth-order valence-electron chi connectivity index (χ4n) is 2.17. The molecule has 1 unspecified atom stereocenters. The van der Waals surface area contributed by atoms with Crippen LogP contribution in [0.1, 0.15) is 35.2 Å². The maximum absolute atomic E-state index is 11.1. The first kappa shape index (κ1) is 11.1. The van der Waals surface area contributed by atoms with Crippen molar-refractivity contribution in [3.05, 3.63) is 35.4 Å². The second-order valence-corrected chi connectivity index (χ2v) is 4.45. The summed E-state index contributed by atoms with van der Waals surface area (Å²) in [6, 6.07) is 7.30. The summed E-state index contributed by atoms with van der Waals surface area (Å²) in [6.45, 7) is 5.36. The van der Waals surface area contributed by atoms with Gasteiger partial charge in [0.25, 0.3) is 0 Å². The van der Waals surface area contributed by atoms with Crippen LogP contribution in [-0.2, 0) is 0 Å². The fourth-order valence-corrected chi connectivity index (χ4v) is 2.17. The summed E-state index contributed by atoms with van der Waals surface area (Å²) in [7, 11) is 0. The lowest BCUT2D eigenvalue weighted by atomic mass is 9.94. The molecule has 3 nitrogen and oxygen atoms in total. The third kappa shape index (κ3) is 2.25. The van der Waals surface area contributed by atoms with E-state index in [0.717, 1.165) is 25.2 Å². The Morgan fingerprint density at radius 1 is 1.44 bits per heavy atom. The van der Waals surface area contributed by atoms with Gasteiger partial charge in [0.2, 0.25) is 0 Å². The Morgan fingerprint density at radius 2 is 2.12 bits per heavy atom. The van der Waals surface area contributed by atoms with Gasteiger partial charge in [0.15, 0.2) is 0 Å². The van der Waals surface area contributed by atoms with Crippen molar-refractivity contribution in [3.63, 3.8) is 0 Å². The molecule has 86 valence electrons. The first-order chi connectivity index (χ1) is 7.68. The van der Waals surface area contributed by atoms with Crippen molar-refractivity contribution in [2.75, 3.05) is 19.6 Å². The summed E-state index contributed by atoms with van der Waals surface area (Å²) < 4.78 is 0. The first-order valence-electron chi connectivity index (χ1n) is 5.73. The Balaban J connectivity index is 2.14. The van der Waals surface area contributed by atoms with E-state index in [4.69, 9.17) is 5.11 Å². The number of carbonyl (C=O) groups is 1. The molecular formula is C13H17NO2. The van der Waals surface area contributed by atoms with Crippen LogP contribution in [0.4, 0.5) is 0 Å². The standard InChI is InChI=1S/C13H17NO2/c1-10(9-14-7-4-8-14)11-5-2-3-6-12(11)13(15)16/h2-3,5-6,10H,4,7-9H2,1H3,(H,15,16). The number of benzene rings is 1. The third-order valence-corrected chi connectivity index (χ3v) is 3.20. The summed E-state index contributed by atoms with van der Waals surface area (Å²) in [6.07, 6.45) is 1.27. The smallest absolute Gasteiger partial charge is 0.335 e. The minimum Gasteiger partial charge on any atom is -0.478 e. The molecule has 0 saturated carbocycles. The van der Waals surface area contributed by atoms with Crippen molar-refractivity contribution in [2.24, 2.45) is 0 Å². The Hall–Kier alpha value is -1.35. The molecule has 1 fully saturated rings. The molecular weight excluding hydrogens is 202 g/mol. The molecule has 16 heavy (non-hydrogen) atoms. The number of likely N-dealkylation sites (tertiary alicyclic amines) is 1. The monoisotopic (exact) mass is 219 g/mol. The second kappa shape index (κ2) is 4.66. The molecule has 1 aliphatic heterocycles. The van der Waals surface area contributed by atoms with Gasteiger partial charge in [-0.25, -0.2) is 4.79 Å². The molecule has 1 aliphatic rings. The number of hydrogen-bond acceptors (Lipinski definition) is 2. The lowest BCUT2D eigenvalue weighted by Crippen LogP contribution is -2.39. The van der Waals surface area contributed by atoms with E-state index in [0.29, 0.717) is 5.56 Å². The fraction of sp³-hybridized carbons (Fsp3) is 0.462. The molecule has 0 aromatic heterocycles. The lowest BCUT2D eigenvalue weighted by molar-refractivity contribution is 0.0694. The van der Waals surface area contributed by atoms with Crippen molar-refractivity contribution in [3.8, 4) is 0 Å². The Bertz CT molecular complexity index is 385. The number of aromatic carboxylic acids is 1. The van der Waals surface area contributed by atoms with E-state index in [-0.39, 0.29) is 5.92 Å². The molecule has 3 heteroatoms. The molecule has 1 aromatic rings. The van der Waals surface area contributed by atoms with Gasteiger partial charge in [-0.15, -0.1) is 0 Å². The molecule has 2 rings (SSSR count). The Kier molecular flexibility index (Phi) is 3.25. The summed E-state index contributed by atoms with van der Waals surface area (Å²) in [5.41, 5.74) is 1.39. The highest BCUT2D eigenvalue weighted by Gasteiger charge is 2.20. The predicted octanol–water partition coefficient (Wildman–Crippen LogP) is 2.19. The van der Waals surface area contributed by atoms with Gasteiger partial charge < -0.3 is 10.0 Å². The third-order valence-electron chi connectivity index (χ3n) is 3.20. The van der Waals surface area contributed by atoms with Crippen LogP contribution in [0, 0.1) is 0 Å². The minimum atomic E-state index is -0.828. The summed E-state index contributed by atoms with van der Waals surface area (Å²) in [5.74, 6) is -0.543. The highest BCUT2D eigenvalue weighted by molar-refractivity contribution is 5.89. The maximum atomic E-state index is 11.1. The maximum Gasteiger partial charge on any atom is 0.335 e. The van der Waals surface area contributed by atoms with Crippen LogP contribution in [0.15, 0.2) is 24.3 Å². The van der Waals surface area contributed by atoms with Crippen LogP contribution in [0.5, 0.6) is 0 Å². The van der Waals surface area contributed by atoms with Gasteiger partial charge in [-0.3, -0.25) is 0 Å². The number of hydrogen-bond donors (Lipinski definition) is 1. The van der Waals surface area contributed by atoms with Crippen molar-refractivity contribution in [2.45, 2.75) is 19.3 Å². The van der Waals surface area contributed by atoms with Crippen molar-refractivity contribution < 1.29 is 9.90 Å². The molecule has 1 N–H and O–H groups in total. The molecule has 0 aliphatic carbocycles. The topological polar surface area (TPSA) is 40.5 Å². The molecule has 1 atom stereocenters. The second-order valence-electron chi connectivity index (χ2n) is 4.45. The van der Waals surface area contributed by atoms with E-state index in [1.165, 1.54) is 6.42 Å². The van der Waals surface area contributed by atoms with Gasteiger partial charge in [-0.2, -0.15) is 0 Å². The highest BCUT2D eigenvalue weighted by atomic mass is 16.4. The van der Waals surface area contributed by atoms with Gasteiger partial charge in [0, 0.05) is 6.54 Å². The van der Waals surface area contributed by atoms with Crippen molar-refractivity contribution >= 4 is 5.97 Å². The number of carboxylic acid groups (broad SMARTS) is 1. The van der Waals surface area contributed by atoms with E-state index in [1.54, 1.807) is 12.1 Å². The van der Waals surface area contributed by atoms with Crippen LogP contribution in [-0.4, -0.2) is 35.6 Å². The predicted molar refractivity (Wildman–Crippen MR) is 62.9 cm³/mol. The summed E-state index contributed by atoms with van der Waals surface area (Å²) in [4.78, 5) is 13.4. The molecule has 0 bridgehead atoms. The molecule has 0 radical (unpaired) electrons. The Labute approximate surface area is 95.7 Å². The van der Waals surface area contributed by atoms with Crippen LogP contribution >= 0.6 is 0 Å². The molecule has 1 aromatic carbocycles. The number of carboxylic acids is 1. The largest absolute Gasteiger partial charge is 0.478 e. The average Bonchev–Trinajstić information content (AvgIpc) is 2.23. The zero-order valence-electron chi connectivity index (χ0n) is 9.52. The van der Waals surface area contributed by atoms with Gasteiger partial charge in [-0.1, -0.05) is 25.1 Å². The van der Waals surface area contributed by atoms with Crippen LogP contribution in [0.2, 0.25) is 0 Å². The quantitative estimate of drug-likeness (QED) is 0.844. The lowest BCUT2D eigenvalue weighted by Gasteiger charge is -2.33. The van der Waals surface area contributed by atoms with Gasteiger partial charge in [0.05, 0.1) is 5.56 Å². The SMILES string of the molecule is CC(CN1CCC1)c1ccccc1C(=O)O. The van der Waals surface area contributed by atoms with Gasteiger partial charge in [-0.05, 0) is 37.1 Å². The van der Waals surface area contributed by atoms with E-state index in [1.807, 2.05) is 12.1 Å². The number of rotatable bonds is 4. The van der Waals surface area contributed by atoms with E-state index in [9.17, 15) is 4.79 Å². The van der Waals surface area contributed by atoms with Crippen molar-refractivity contribution in [1.29, 1.82) is 0 Å². The summed E-state index contributed by atoms with van der Waals surface area (Å²) in [5, 5.41) is 9.11. The normalized spacial score (nSPS) is 17.8. The van der Waals surface area contributed by atoms with Gasteiger partial charge >= 0.3 is 5.97 Å². The molecule has 0 spiro atoms. The van der Waals surface area contributed by atoms with E-state index in [2.05, 4.69) is 11.8 Å². The van der Waals surface area contributed by atoms with Crippen LogP contribution < -0.4 is 0 Å². The first-order valence-corrected chi connectivity index (χ1v) is 5.73. The highest BCUT2D eigenvalue weighted by Crippen LogP contribution is 2.22. The average molecular weight is 219 g/mol. The summed E-state index contributed by atoms with van der Waals surface area (Å²) >= 11 is 0. The number of nitrogens with zero attached hydrogens (tertiary/aromatic N) is 1. The zero-order chi connectivity index (χ0) is 11.5. The van der Waals surface area contributed by atoms with Crippen LogP contribution in [0.3, 0.4) is 0 Å². The van der Waals surface area contributed by atoms with E-state index < -0.39 is 5.97 Å². The molecule has 1 heterocycles. The minimum absolute atomic E-state index is 0.285. The van der Waals surface area contributed by atoms with E-state index >= 15 is 0 Å². The molecule has 1 saturated heterocycles. The zero-order valence-corrected chi connectivity index (χ0v) is 9.52. The Morgan fingerprint density at radius 3 is 2.69 bits per heavy atom. The van der Waals surface area contributed by atoms with Gasteiger partial charge in [0.1, 0.15) is 0 Å². The van der Waals surface area contributed by atoms with Crippen molar-refractivity contribution in [1.82, 2.24) is 4.90 Å².